The number of rotatable bonds is 7. The molecule has 1 aromatic heterocycles. The second-order valence-corrected chi connectivity index (χ2v) is 8.32. The maximum Gasteiger partial charge on any atom is 0.210 e. The van der Waals surface area contributed by atoms with Gasteiger partial charge >= 0.3 is 0 Å². The largest absolute Gasteiger partial charge is 0.496 e. The minimum atomic E-state index is 0.0415. The van der Waals surface area contributed by atoms with Crippen molar-refractivity contribution in [1.82, 2.24) is 10.2 Å². The molecule has 0 bridgehead atoms. The maximum absolute atomic E-state index is 11.6. The van der Waals surface area contributed by atoms with Gasteiger partial charge in [-0.05, 0) is 56.2 Å². The van der Waals surface area contributed by atoms with Crippen LogP contribution in [0.5, 0.6) is 5.75 Å². The van der Waals surface area contributed by atoms with Crippen LogP contribution in [0, 0.1) is 13.8 Å². The highest BCUT2D eigenvalue weighted by Crippen LogP contribution is 2.33. The molecule has 3 aromatic rings. The van der Waals surface area contributed by atoms with Crippen LogP contribution in [-0.2, 0) is 5.75 Å². The Kier molecular flexibility index (Phi) is 6.13. The highest BCUT2D eigenvalue weighted by atomic mass is 32.2. The number of thioether (sulfide) groups is 1. The topological polar surface area (TPSA) is 64.1 Å². The summed E-state index contributed by atoms with van der Waals surface area (Å²) in [6.45, 7) is 5.74. The van der Waals surface area contributed by atoms with E-state index >= 15 is 0 Å². The van der Waals surface area contributed by atoms with Crippen molar-refractivity contribution in [3.05, 3.63) is 58.7 Å². The van der Waals surface area contributed by atoms with Crippen LogP contribution in [0.4, 0.5) is 10.8 Å². The Morgan fingerprint density at radius 2 is 2.04 bits per heavy atom. The molecular formula is C20H21N3O2S2. The van der Waals surface area contributed by atoms with E-state index < -0.39 is 0 Å². The van der Waals surface area contributed by atoms with Gasteiger partial charge in [0.2, 0.25) is 5.13 Å². The number of carbonyl (C=O) groups excluding carboxylic acids is 1. The lowest BCUT2D eigenvalue weighted by Crippen LogP contribution is -1.96. The molecule has 3 rings (SSSR count). The number of methoxy groups -OCH3 is 1. The number of benzene rings is 2. The van der Waals surface area contributed by atoms with Crippen molar-refractivity contribution in [3.63, 3.8) is 0 Å². The molecule has 2 aromatic carbocycles. The smallest absolute Gasteiger partial charge is 0.210 e. The summed E-state index contributed by atoms with van der Waals surface area (Å²) in [5.41, 5.74) is 5.12. The first-order valence-corrected chi connectivity index (χ1v) is 10.3. The van der Waals surface area contributed by atoms with Gasteiger partial charge in [-0.15, -0.1) is 10.2 Å². The first-order chi connectivity index (χ1) is 13.0. The molecule has 0 unspecified atom stereocenters. The zero-order chi connectivity index (χ0) is 19.4. The zero-order valence-electron chi connectivity index (χ0n) is 15.7. The molecule has 0 aliphatic rings. The van der Waals surface area contributed by atoms with Crippen LogP contribution < -0.4 is 10.1 Å². The summed E-state index contributed by atoms with van der Waals surface area (Å²) in [4.78, 5) is 11.6. The third-order valence-electron chi connectivity index (χ3n) is 4.29. The van der Waals surface area contributed by atoms with Crippen LogP contribution in [0.2, 0.25) is 0 Å². The Labute approximate surface area is 167 Å². The number of aromatic nitrogens is 2. The molecule has 1 heterocycles. The molecule has 140 valence electrons. The van der Waals surface area contributed by atoms with E-state index in [0.717, 1.165) is 26.5 Å². The average molecular weight is 400 g/mol. The van der Waals surface area contributed by atoms with Crippen LogP contribution in [0.3, 0.4) is 0 Å². The van der Waals surface area contributed by atoms with E-state index in [9.17, 15) is 4.79 Å². The number of carbonyl (C=O) groups is 1. The van der Waals surface area contributed by atoms with Gasteiger partial charge in [-0.2, -0.15) is 0 Å². The predicted molar refractivity (Wildman–Crippen MR) is 112 cm³/mol. The molecule has 0 saturated heterocycles. The van der Waals surface area contributed by atoms with Crippen molar-refractivity contribution in [2.45, 2.75) is 30.9 Å². The molecule has 5 nitrogen and oxygen atoms in total. The number of hydrogen-bond donors (Lipinski definition) is 1. The van der Waals surface area contributed by atoms with E-state index in [4.69, 9.17) is 4.74 Å². The van der Waals surface area contributed by atoms with Crippen LogP contribution in [0.1, 0.15) is 34.0 Å². The minimum Gasteiger partial charge on any atom is -0.496 e. The van der Waals surface area contributed by atoms with Crippen molar-refractivity contribution in [2.75, 3.05) is 12.4 Å². The number of ether oxygens (including phenoxy) is 1. The standard InChI is InChI=1S/C20H21N3O2S2/c1-12-6-5-7-17(13(12)2)21-19-22-23-20(27-19)26-11-16-10-15(14(3)24)8-9-18(16)25-4/h5-10H,11H2,1-4H3,(H,21,22). The summed E-state index contributed by atoms with van der Waals surface area (Å²) in [5.74, 6) is 1.47. The molecule has 0 atom stereocenters. The van der Waals surface area contributed by atoms with Crippen LogP contribution in [-0.4, -0.2) is 23.1 Å². The first-order valence-electron chi connectivity index (χ1n) is 8.45. The van der Waals surface area contributed by atoms with Gasteiger partial charge < -0.3 is 10.1 Å². The highest BCUT2D eigenvalue weighted by Gasteiger charge is 2.11. The van der Waals surface area contributed by atoms with Crippen LogP contribution in [0.25, 0.3) is 0 Å². The molecule has 0 aliphatic carbocycles. The Balaban J connectivity index is 1.70. The van der Waals surface area contributed by atoms with Crippen molar-refractivity contribution in [2.24, 2.45) is 0 Å². The maximum atomic E-state index is 11.6. The van der Waals surface area contributed by atoms with Crippen molar-refractivity contribution < 1.29 is 9.53 Å². The van der Waals surface area contributed by atoms with Crippen molar-refractivity contribution in [3.8, 4) is 5.75 Å². The number of Topliss-reactive ketones (excluding diaryl/α,β-unsaturated/α-hetero) is 1. The number of aryl methyl sites for hydroxylation is 1. The highest BCUT2D eigenvalue weighted by molar-refractivity contribution is 8.00. The Hall–Kier alpha value is -2.38. The number of anilines is 2. The fourth-order valence-electron chi connectivity index (χ4n) is 2.57. The number of nitrogens with one attached hydrogen (secondary N) is 1. The summed E-state index contributed by atoms with van der Waals surface area (Å²) in [5, 5.41) is 12.6. The number of ketones is 1. The normalized spacial score (nSPS) is 10.7. The molecule has 1 N–H and O–H groups in total. The van der Waals surface area contributed by atoms with Gasteiger partial charge in [0.25, 0.3) is 0 Å². The van der Waals surface area contributed by atoms with Gasteiger partial charge in [0.05, 0.1) is 7.11 Å². The van der Waals surface area contributed by atoms with E-state index in [1.54, 1.807) is 31.9 Å². The first kappa shape index (κ1) is 19.4. The van der Waals surface area contributed by atoms with Crippen LogP contribution >= 0.6 is 23.1 Å². The van der Waals surface area contributed by atoms with E-state index in [1.807, 2.05) is 24.3 Å². The molecular weight excluding hydrogens is 378 g/mol. The molecule has 0 amide bonds. The summed E-state index contributed by atoms with van der Waals surface area (Å²) in [6, 6.07) is 11.6. The minimum absolute atomic E-state index is 0.0415. The van der Waals surface area contributed by atoms with E-state index in [1.165, 1.54) is 22.5 Å². The second kappa shape index (κ2) is 8.54. The van der Waals surface area contributed by atoms with E-state index in [-0.39, 0.29) is 5.78 Å². The molecule has 0 radical (unpaired) electrons. The fraction of sp³-hybridized carbons (Fsp3) is 0.250. The summed E-state index contributed by atoms with van der Waals surface area (Å²) >= 11 is 3.08. The molecule has 7 heteroatoms. The van der Waals surface area contributed by atoms with Gasteiger partial charge in [0.15, 0.2) is 10.1 Å². The zero-order valence-corrected chi connectivity index (χ0v) is 17.3. The average Bonchev–Trinajstić information content (AvgIpc) is 3.11. The molecule has 0 spiro atoms. The van der Waals surface area contributed by atoms with Gasteiger partial charge in [-0.1, -0.05) is 35.2 Å². The Morgan fingerprint density at radius 1 is 1.22 bits per heavy atom. The van der Waals surface area contributed by atoms with Crippen molar-refractivity contribution in [1.29, 1.82) is 0 Å². The summed E-state index contributed by atoms with van der Waals surface area (Å²) in [6.07, 6.45) is 0. The van der Waals surface area contributed by atoms with Gasteiger partial charge in [-0.3, -0.25) is 4.79 Å². The third-order valence-corrected chi connectivity index (χ3v) is 6.31. The monoisotopic (exact) mass is 399 g/mol. The molecule has 27 heavy (non-hydrogen) atoms. The lowest BCUT2D eigenvalue weighted by atomic mass is 10.1. The number of nitrogens with zero attached hydrogens (tertiary/aromatic N) is 2. The van der Waals surface area contributed by atoms with Crippen LogP contribution in [0.15, 0.2) is 40.7 Å². The summed E-state index contributed by atoms with van der Waals surface area (Å²) in [7, 11) is 1.63. The van der Waals surface area contributed by atoms with Gasteiger partial charge in [0.1, 0.15) is 5.75 Å². The molecule has 0 saturated carbocycles. The number of hydrogen-bond acceptors (Lipinski definition) is 7. The third kappa shape index (κ3) is 4.67. The van der Waals surface area contributed by atoms with Gasteiger partial charge in [0, 0.05) is 22.6 Å². The van der Waals surface area contributed by atoms with Gasteiger partial charge in [-0.25, -0.2) is 0 Å². The lowest BCUT2D eigenvalue weighted by Gasteiger charge is -2.09. The Bertz CT molecular complexity index is 970. The summed E-state index contributed by atoms with van der Waals surface area (Å²) < 4.78 is 6.27. The van der Waals surface area contributed by atoms with E-state index in [0.29, 0.717) is 11.3 Å². The molecule has 0 aliphatic heterocycles. The SMILES string of the molecule is COc1ccc(C(C)=O)cc1CSc1nnc(Nc2cccc(C)c2C)s1. The second-order valence-electron chi connectivity index (χ2n) is 6.12. The fourth-order valence-corrected chi connectivity index (χ4v) is 4.31. The quantitative estimate of drug-likeness (QED) is 0.424. The van der Waals surface area contributed by atoms with Crippen molar-refractivity contribution >= 4 is 39.7 Å². The lowest BCUT2D eigenvalue weighted by molar-refractivity contribution is 0.101. The molecule has 0 fully saturated rings. The Morgan fingerprint density at radius 3 is 2.78 bits per heavy atom. The predicted octanol–water partition coefficient (Wildman–Crippen LogP) is 5.40. The van der Waals surface area contributed by atoms with E-state index in [2.05, 4.69) is 35.4 Å².